The van der Waals surface area contributed by atoms with Crippen LogP contribution < -0.4 is 11.7 Å². The molecule has 0 aromatic rings. The molecule has 9 heavy (non-hydrogen) atoms. The average Bonchev–Trinajstić information content (AvgIpc) is 1.93. The average molecular weight is 152 g/mol. The zero-order valence-corrected chi connectivity index (χ0v) is 7.29. The Labute approximate surface area is 59.3 Å². The molecule has 2 unspecified atom stereocenters. The van der Waals surface area contributed by atoms with Crippen LogP contribution in [0.3, 0.4) is 0 Å². The number of nitrogens with two attached hydrogens (primary N) is 2. The highest BCUT2D eigenvalue weighted by molar-refractivity contribution is 7.16. The maximum absolute atomic E-state index is 5.17. The van der Waals surface area contributed by atoms with E-state index in [1.807, 2.05) is 6.92 Å². The lowest BCUT2D eigenvalue weighted by Crippen LogP contribution is -2.07. The molecule has 0 radical (unpaired) electrons. The minimum atomic E-state index is 0.412. The third kappa shape index (κ3) is 11.7. The number of rotatable bonds is 3. The van der Waals surface area contributed by atoms with Crippen molar-refractivity contribution in [2.75, 3.05) is 12.8 Å². The zero-order valence-electron chi connectivity index (χ0n) is 6.13. The lowest BCUT2D eigenvalue weighted by molar-refractivity contribution is 0.0930. The van der Waals surface area contributed by atoms with Crippen LogP contribution in [0.2, 0.25) is 0 Å². The standard InChI is InChI=1S/C5H13OP.H4N2/c1-3-6-5(2)4-7;1-2/h5H,3-4,7H2,1-2H3;1-2H2. The molecular formula is C5H17N2OP. The van der Waals surface area contributed by atoms with Gasteiger partial charge in [0.25, 0.3) is 0 Å². The predicted molar refractivity (Wildman–Crippen MR) is 44.0 cm³/mol. The van der Waals surface area contributed by atoms with Gasteiger partial charge in [-0.15, -0.1) is 9.24 Å². The van der Waals surface area contributed by atoms with Crippen LogP contribution in [0.4, 0.5) is 0 Å². The van der Waals surface area contributed by atoms with Crippen molar-refractivity contribution in [1.29, 1.82) is 0 Å². The molecule has 4 heteroatoms. The van der Waals surface area contributed by atoms with Gasteiger partial charge in [0.05, 0.1) is 6.10 Å². The summed E-state index contributed by atoms with van der Waals surface area (Å²) in [6.45, 7) is 4.91. The number of ether oxygens (including phenoxy) is 1. The number of hydrogen-bond donors (Lipinski definition) is 2. The SMILES string of the molecule is CCOC(C)CP.NN. The lowest BCUT2D eigenvalue weighted by atomic mass is 10.5. The third-order valence-electron chi connectivity index (χ3n) is 0.783. The maximum Gasteiger partial charge on any atom is 0.0581 e. The van der Waals surface area contributed by atoms with Crippen LogP contribution in [0.1, 0.15) is 13.8 Å². The molecule has 0 heterocycles. The van der Waals surface area contributed by atoms with Gasteiger partial charge in [0.2, 0.25) is 0 Å². The van der Waals surface area contributed by atoms with Gasteiger partial charge in [0.1, 0.15) is 0 Å². The smallest absolute Gasteiger partial charge is 0.0581 e. The van der Waals surface area contributed by atoms with Crippen molar-refractivity contribution in [3.05, 3.63) is 0 Å². The molecule has 0 rings (SSSR count). The van der Waals surface area contributed by atoms with Crippen LogP contribution in [-0.2, 0) is 4.74 Å². The van der Waals surface area contributed by atoms with E-state index >= 15 is 0 Å². The maximum atomic E-state index is 5.17. The van der Waals surface area contributed by atoms with Gasteiger partial charge in [0, 0.05) is 6.61 Å². The molecule has 0 aliphatic heterocycles. The van der Waals surface area contributed by atoms with Gasteiger partial charge in [-0.2, -0.15) is 0 Å². The van der Waals surface area contributed by atoms with Crippen LogP contribution in [-0.4, -0.2) is 18.9 Å². The van der Waals surface area contributed by atoms with Crippen LogP contribution in [0.15, 0.2) is 0 Å². The number of hydrazine groups is 1. The first kappa shape index (κ1) is 12.0. The summed E-state index contributed by atoms with van der Waals surface area (Å²) >= 11 is 0. The van der Waals surface area contributed by atoms with E-state index in [4.69, 9.17) is 4.74 Å². The quantitative estimate of drug-likeness (QED) is 0.342. The van der Waals surface area contributed by atoms with Crippen molar-refractivity contribution in [1.82, 2.24) is 0 Å². The molecule has 4 N–H and O–H groups in total. The largest absolute Gasteiger partial charge is 0.378 e. The molecule has 58 valence electrons. The molecular weight excluding hydrogens is 135 g/mol. The summed E-state index contributed by atoms with van der Waals surface area (Å²) in [5, 5.41) is 0. The van der Waals surface area contributed by atoms with Gasteiger partial charge < -0.3 is 4.74 Å². The highest BCUT2D eigenvalue weighted by Gasteiger charge is 1.91. The fraction of sp³-hybridized carbons (Fsp3) is 1.00. The predicted octanol–water partition coefficient (Wildman–Crippen LogP) is 0.105. The minimum absolute atomic E-state index is 0.412. The Hall–Kier alpha value is 0.310. The molecule has 2 atom stereocenters. The van der Waals surface area contributed by atoms with E-state index in [1.54, 1.807) is 0 Å². The lowest BCUT2D eigenvalue weighted by Gasteiger charge is -2.05. The Bertz CT molecular complexity index is 45.9. The summed E-state index contributed by atoms with van der Waals surface area (Å²) in [7, 11) is 2.64. The molecule has 0 aromatic carbocycles. The minimum Gasteiger partial charge on any atom is -0.378 e. The van der Waals surface area contributed by atoms with E-state index in [-0.39, 0.29) is 0 Å². The molecule has 0 aliphatic carbocycles. The van der Waals surface area contributed by atoms with Crippen LogP contribution >= 0.6 is 9.24 Å². The second-order valence-electron chi connectivity index (χ2n) is 1.50. The Balaban J connectivity index is 0. The van der Waals surface area contributed by atoms with Gasteiger partial charge in [-0.3, -0.25) is 11.7 Å². The summed E-state index contributed by atoms with van der Waals surface area (Å²) in [6.07, 6.45) is 1.45. The molecule has 0 fully saturated rings. The van der Waals surface area contributed by atoms with Crippen molar-refractivity contribution in [2.45, 2.75) is 20.0 Å². The Morgan fingerprint density at radius 1 is 1.56 bits per heavy atom. The molecule has 0 aliphatic rings. The first-order valence-electron chi connectivity index (χ1n) is 2.96. The van der Waals surface area contributed by atoms with Gasteiger partial charge >= 0.3 is 0 Å². The first-order valence-corrected chi connectivity index (χ1v) is 3.78. The van der Waals surface area contributed by atoms with Gasteiger partial charge in [-0.1, -0.05) is 0 Å². The van der Waals surface area contributed by atoms with Crippen LogP contribution in [0, 0.1) is 0 Å². The third-order valence-corrected chi connectivity index (χ3v) is 1.45. The van der Waals surface area contributed by atoms with E-state index in [0.717, 1.165) is 12.8 Å². The Kier molecular flexibility index (Phi) is 14.9. The van der Waals surface area contributed by atoms with Gasteiger partial charge in [0.15, 0.2) is 0 Å². The highest BCUT2D eigenvalue weighted by atomic mass is 31.0. The zero-order chi connectivity index (χ0) is 7.70. The van der Waals surface area contributed by atoms with E-state index in [2.05, 4.69) is 27.8 Å². The second-order valence-corrected chi connectivity index (χ2v) is 1.97. The topological polar surface area (TPSA) is 61.3 Å². The highest BCUT2D eigenvalue weighted by Crippen LogP contribution is 1.93. The summed E-state index contributed by atoms with van der Waals surface area (Å²) in [5.41, 5.74) is 0. The Morgan fingerprint density at radius 2 is 2.00 bits per heavy atom. The second kappa shape index (κ2) is 11.2. The van der Waals surface area contributed by atoms with Crippen LogP contribution in [0.25, 0.3) is 0 Å². The molecule has 3 nitrogen and oxygen atoms in total. The van der Waals surface area contributed by atoms with Crippen molar-refractivity contribution in [3.63, 3.8) is 0 Å². The molecule has 0 saturated heterocycles. The molecule has 0 amide bonds. The van der Waals surface area contributed by atoms with Gasteiger partial charge in [-0.25, -0.2) is 0 Å². The molecule has 0 saturated carbocycles. The molecule has 0 aromatic heterocycles. The normalized spacial score (nSPS) is 11.7. The van der Waals surface area contributed by atoms with E-state index in [9.17, 15) is 0 Å². The van der Waals surface area contributed by atoms with E-state index in [0.29, 0.717) is 6.10 Å². The van der Waals surface area contributed by atoms with Crippen molar-refractivity contribution >= 4 is 9.24 Å². The fourth-order valence-electron chi connectivity index (χ4n) is 0.353. The van der Waals surface area contributed by atoms with Crippen molar-refractivity contribution < 1.29 is 4.74 Å². The summed E-state index contributed by atoms with van der Waals surface area (Å²) < 4.78 is 5.17. The first-order chi connectivity index (χ1) is 4.31. The van der Waals surface area contributed by atoms with Crippen LogP contribution in [0.5, 0.6) is 0 Å². The Morgan fingerprint density at radius 3 is 2.11 bits per heavy atom. The number of hydrogen-bond acceptors (Lipinski definition) is 3. The fourth-order valence-corrected chi connectivity index (χ4v) is 0.489. The van der Waals surface area contributed by atoms with Crippen molar-refractivity contribution in [3.8, 4) is 0 Å². The van der Waals surface area contributed by atoms with Crippen molar-refractivity contribution in [2.24, 2.45) is 11.7 Å². The summed E-state index contributed by atoms with van der Waals surface area (Å²) in [5.74, 6) is 8.00. The molecule has 0 spiro atoms. The molecule has 0 bridgehead atoms. The summed E-state index contributed by atoms with van der Waals surface area (Å²) in [6, 6.07) is 0. The monoisotopic (exact) mass is 152 g/mol. The van der Waals surface area contributed by atoms with Gasteiger partial charge in [-0.05, 0) is 20.0 Å². The van der Waals surface area contributed by atoms with E-state index < -0.39 is 0 Å². The van der Waals surface area contributed by atoms with E-state index in [1.165, 1.54) is 0 Å². The summed E-state index contributed by atoms with van der Waals surface area (Å²) in [4.78, 5) is 0.